The number of nitrogens with one attached hydrogen (secondary N) is 1. The van der Waals surface area contributed by atoms with Gasteiger partial charge in [-0.05, 0) is 24.1 Å². The molecule has 86 valence electrons. The molecular weight excluding hydrogens is 245 g/mol. The fraction of sp³-hybridized carbons (Fsp3) is 0.250. The quantitative estimate of drug-likeness (QED) is 0.490. The van der Waals surface area contributed by atoms with E-state index >= 15 is 0 Å². The summed E-state index contributed by atoms with van der Waals surface area (Å²) in [4.78, 5) is 11.3. The molecule has 1 aromatic rings. The molecule has 1 N–H and O–H groups in total. The van der Waals surface area contributed by atoms with Crippen molar-refractivity contribution in [2.24, 2.45) is 0 Å². The van der Waals surface area contributed by atoms with E-state index in [-0.39, 0.29) is 5.91 Å². The molecule has 0 unspecified atom stereocenters. The van der Waals surface area contributed by atoms with Gasteiger partial charge in [-0.1, -0.05) is 29.8 Å². The van der Waals surface area contributed by atoms with Crippen LogP contribution in [0.25, 0.3) is 6.08 Å². The van der Waals surface area contributed by atoms with Gasteiger partial charge >= 0.3 is 0 Å². The summed E-state index contributed by atoms with van der Waals surface area (Å²) in [6.07, 6.45) is 3.93. The van der Waals surface area contributed by atoms with E-state index in [0.29, 0.717) is 17.4 Å². The third-order valence-electron chi connectivity index (χ3n) is 1.93. The number of hydrogen-bond donors (Lipinski definition) is 1. The number of amides is 1. The Bertz CT molecular complexity index is 377. The molecule has 2 nitrogen and oxygen atoms in total. The van der Waals surface area contributed by atoms with Crippen LogP contribution < -0.4 is 5.32 Å². The van der Waals surface area contributed by atoms with Crippen LogP contribution in [0.5, 0.6) is 0 Å². The Balaban J connectivity index is 2.47. The molecule has 1 rings (SSSR count). The van der Waals surface area contributed by atoms with E-state index in [2.05, 4.69) is 5.32 Å². The molecule has 0 aromatic heterocycles. The summed E-state index contributed by atoms with van der Waals surface area (Å²) < 4.78 is 0. The zero-order chi connectivity index (χ0) is 11.8. The summed E-state index contributed by atoms with van der Waals surface area (Å²) in [6, 6.07) is 7.36. The SMILES string of the molecule is O=C(C=Cc1ccccc1Cl)NCCCCl. The first-order chi connectivity index (χ1) is 7.74. The molecule has 16 heavy (non-hydrogen) atoms. The maximum absolute atomic E-state index is 11.3. The lowest BCUT2D eigenvalue weighted by Crippen LogP contribution is -2.22. The van der Waals surface area contributed by atoms with Crippen molar-refractivity contribution in [3.63, 3.8) is 0 Å². The van der Waals surface area contributed by atoms with Crippen LogP contribution in [0.4, 0.5) is 0 Å². The van der Waals surface area contributed by atoms with Gasteiger partial charge in [-0.3, -0.25) is 4.79 Å². The second-order valence-corrected chi connectivity index (χ2v) is 3.97. The highest BCUT2D eigenvalue weighted by Crippen LogP contribution is 2.15. The van der Waals surface area contributed by atoms with Crippen molar-refractivity contribution in [2.45, 2.75) is 6.42 Å². The Morgan fingerprint density at radius 2 is 2.12 bits per heavy atom. The van der Waals surface area contributed by atoms with E-state index in [1.54, 1.807) is 12.1 Å². The predicted octanol–water partition coefficient (Wildman–Crippen LogP) is 3.10. The molecule has 0 heterocycles. The van der Waals surface area contributed by atoms with Crippen molar-refractivity contribution in [1.82, 2.24) is 5.32 Å². The molecule has 0 spiro atoms. The minimum atomic E-state index is -0.134. The van der Waals surface area contributed by atoms with Gasteiger partial charge in [0.15, 0.2) is 0 Å². The normalized spacial score (nSPS) is 10.6. The first-order valence-electron chi connectivity index (χ1n) is 5.00. The largest absolute Gasteiger partial charge is 0.353 e. The summed E-state index contributed by atoms with van der Waals surface area (Å²) in [6.45, 7) is 0.592. The van der Waals surface area contributed by atoms with Gasteiger partial charge in [0.25, 0.3) is 0 Å². The van der Waals surface area contributed by atoms with Crippen LogP contribution >= 0.6 is 23.2 Å². The Morgan fingerprint density at radius 1 is 1.38 bits per heavy atom. The Morgan fingerprint density at radius 3 is 2.81 bits per heavy atom. The monoisotopic (exact) mass is 257 g/mol. The van der Waals surface area contributed by atoms with Crippen molar-refractivity contribution in [1.29, 1.82) is 0 Å². The van der Waals surface area contributed by atoms with Gasteiger partial charge in [0.1, 0.15) is 0 Å². The van der Waals surface area contributed by atoms with Crippen molar-refractivity contribution in [3.8, 4) is 0 Å². The molecule has 1 aromatic carbocycles. The summed E-state index contributed by atoms with van der Waals surface area (Å²) in [5, 5.41) is 3.35. The fourth-order valence-electron chi connectivity index (χ4n) is 1.11. The summed E-state index contributed by atoms with van der Waals surface area (Å²) in [7, 11) is 0. The molecule has 0 aliphatic rings. The van der Waals surface area contributed by atoms with E-state index in [0.717, 1.165) is 12.0 Å². The molecule has 0 aliphatic heterocycles. The maximum atomic E-state index is 11.3. The minimum absolute atomic E-state index is 0.134. The molecule has 1 amide bonds. The number of carbonyl (C=O) groups excluding carboxylic acids is 1. The lowest BCUT2D eigenvalue weighted by molar-refractivity contribution is -0.116. The average molecular weight is 258 g/mol. The van der Waals surface area contributed by atoms with E-state index in [1.807, 2.05) is 18.2 Å². The van der Waals surface area contributed by atoms with Crippen LogP contribution in [0.3, 0.4) is 0 Å². The Labute approximate surface area is 105 Å². The molecule has 0 saturated carbocycles. The highest BCUT2D eigenvalue weighted by Gasteiger charge is 1.96. The second kappa shape index (κ2) is 7.31. The zero-order valence-corrected chi connectivity index (χ0v) is 10.3. The summed E-state index contributed by atoms with van der Waals surface area (Å²) in [5.74, 6) is 0.416. The zero-order valence-electron chi connectivity index (χ0n) is 8.75. The summed E-state index contributed by atoms with van der Waals surface area (Å²) in [5.41, 5.74) is 0.830. The topological polar surface area (TPSA) is 29.1 Å². The molecule has 0 bridgehead atoms. The minimum Gasteiger partial charge on any atom is -0.353 e. The third kappa shape index (κ3) is 4.69. The number of hydrogen-bond acceptors (Lipinski definition) is 1. The van der Waals surface area contributed by atoms with Crippen LogP contribution in [0, 0.1) is 0 Å². The molecule has 4 heteroatoms. The van der Waals surface area contributed by atoms with Crippen molar-refractivity contribution >= 4 is 35.2 Å². The van der Waals surface area contributed by atoms with Gasteiger partial charge in [-0.25, -0.2) is 0 Å². The number of rotatable bonds is 5. The van der Waals surface area contributed by atoms with Gasteiger partial charge in [0.2, 0.25) is 5.91 Å². The first-order valence-corrected chi connectivity index (χ1v) is 5.91. The molecule has 0 atom stereocenters. The van der Waals surface area contributed by atoms with Crippen LogP contribution in [0.1, 0.15) is 12.0 Å². The number of carbonyl (C=O) groups is 1. The second-order valence-electron chi connectivity index (χ2n) is 3.19. The van der Waals surface area contributed by atoms with E-state index in [4.69, 9.17) is 23.2 Å². The third-order valence-corrected chi connectivity index (χ3v) is 2.54. The molecule has 0 fully saturated rings. The lowest BCUT2D eigenvalue weighted by atomic mass is 10.2. The standard InChI is InChI=1S/C12H13Cl2NO/c13-8-3-9-15-12(16)7-6-10-4-1-2-5-11(10)14/h1-2,4-7H,3,8-9H2,(H,15,16). The summed E-state index contributed by atoms with van der Waals surface area (Å²) >= 11 is 11.4. The maximum Gasteiger partial charge on any atom is 0.244 e. The number of halogens is 2. The van der Waals surface area contributed by atoms with E-state index in [1.165, 1.54) is 6.08 Å². The smallest absolute Gasteiger partial charge is 0.244 e. The van der Waals surface area contributed by atoms with Crippen LogP contribution in [-0.2, 0) is 4.79 Å². The highest BCUT2D eigenvalue weighted by molar-refractivity contribution is 6.32. The first kappa shape index (κ1) is 13.1. The van der Waals surface area contributed by atoms with Gasteiger partial charge in [-0.15, -0.1) is 11.6 Å². The fourth-order valence-corrected chi connectivity index (χ4v) is 1.45. The number of benzene rings is 1. The molecule has 0 aliphatic carbocycles. The van der Waals surface area contributed by atoms with Crippen LogP contribution in [0.2, 0.25) is 5.02 Å². The molecular formula is C12H13Cl2NO. The molecule has 0 saturated heterocycles. The molecule has 0 radical (unpaired) electrons. The van der Waals surface area contributed by atoms with Gasteiger partial charge in [0.05, 0.1) is 0 Å². The lowest BCUT2D eigenvalue weighted by Gasteiger charge is -1.99. The van der Waals surface area contributed by atoms with Crippen LogP contribution in [-0.4, -0.2) is 18.3 Å². The Kier molecular flexibility index (Phi) is 5.98. The Hall–Kier alpha value is -0.990. The van der Waals surface area contributed by atoms with Crippen molar-refractivity contribution in [3.05, 3.63) is 40.9 Å². The van der Waals surface area contributed by atoms with Gasteiger partial charge in [0, 0.05) is 23.5 Å². The van der Waals surface area contributed by atoms with Crippen molar-refractivity contribution < 1.29 is 4.79 Å². The predicted molar refractivity (Wildman–Crippen MR) is 68.8 cm³/mol. The van der Waals surface area contributed by atoms with Gasteiger partial charge < -0.3 is 5.32 Å². The average Bonchev–Trinajstić information content (AvgIpc) is 2.28. The van der Waals surface area contributed by atoms with E-state index < -0.39 is 0 Å². The number of alkyl halides is 1. The van der Waals surface area contributed by atoms with Gasteiger partial charge in [-0.2, -0.15) is 0 Å². The van der Waals surface area contributed by atoms with E-state index in [9.17, 15) is 4.79 Å². The van der Waals surface area contributed by atoms with Crippen LogP contribution in [0.15, 0.2) is 30.3 Å². The van der Waals surface area contributed by atoms with Crippen molar-refractivity contribution in [2.75, 3.05) is 12.4 Å². The highest BCUT2D eigenvalue weighted by atomic mass is 35.5.